The lowest BCUT2D eigenvalue weighted by Crippen LogP contribution is -2.25. The van der Waals surface area contributed by atoms with Gasteiger partial charge in [-0.15, -0.1) is 0 Å². The van der Waals surface area contributed by atoms with Crippen LogP contribution < -0.4 is 5.32 Å². The van der Waals surface area contributed by atoms with Gasteiger partial charge in [0.2, 0.25) is 5.91 Å². The van der Waals surface area contributed by atoms with Gasteiger partial charge in [0.1, 0.15) is 0 Å². The number of allylic oxidation sites excluding steroid dienone is 5. The average Bonchev–Trinajstić information content (AvgIpc) is 2.68. The van der Waals surface area contributed by atoms with E-state index in [9.17, 15) is 4.79 Å². The minimum atomic E-state index is -0.00420. The van der Waals surface area contributed by atoms with Crippen LogP contribution in [-0.4, -0.2) is 12.5 Å². The first kappa shape index (κ1) is 26.7. The van der Waals surface area contributed by atoms with Crippen LogP contribution in [0.15, 0.2) is 36.5 Å². The zero-order chi connectivity index (χ0) is 20.7. The zero-order valence-electron chi connectivity index (χ0n) is 19.1. The second-order valence-corrected chi connectivity index (χ2v) is 8.30. The molecule has 0 fully saturated rings. The minimum Gasteiger partial charge on any atom is -0.352 e. The SMILES string of the molecule is CCCCCCCCCCC/C=C\CCCC/C=C/C=C/C(=O)NCC(C)C. The minimum absolute atomic E-state index is 0.00420. The maximum absolute atomic E-state index is 11.5. The largest absolute Gasteiger partial charge is 0.352 e. The predicted molar refractivity (Wildman–Crippen MR) is 126 cm³/mol. The quantitative estimate of drug-likeness (QED) is 0.103. The van der Waals surface area contributed by atoms with Crippen molar-refractivity contribution in [3.63, 3.8) is 0 Å². The molecule has 0 bridgehead atoms. The summed E-state index contributed by atoms with van der Waals surface area (Å²) >= 11 is 0. The van der Waals surface area contributed by atoms with E-state index < -0.39 is 0 Å². The van der Waals surface area contributed by atoms with Crippen LogP contribution in [0.25, 0.3) is 0 Å². The molecule has 0 aliphatic rings. The summed E-state index contributed by atoms with van der Waals surface area (Å²) in [5.41, 5.74) is 0. The van der Waals surface area contributed by atoms with Crippen LogP contribution >= 0.6 is 0 Å². The van der Waals surface area contributed by atoms with Gasteiger partial charge in [-0.1, -0.05) is 103 Å². The van der Waals surface area contributed by atoms with Gasteiger partial charge >= 0.3 is 0 Å². The van der Waals surface area contributed by atoms with Crippen molar-refractivity contribution in [3.8, 4) is 0 Å². The lowest BCUT2D eigenvalue weighted by atomic mass is 10.1. The van der Waals surface area contributed by atoms with E-state index in [-0.39, 0.29) is 5.91 Å². The second-order valence-electron chi connectivity index (χ2n) is 8.30. The molecule has 0 rings (SSSR count). The molecule has 1 amide bonds. The van der Waals surface area contributed by atoms with Crippen LogP contribution in [-0.2, 0) is 4.79 Å². The molecule has 0 heterocycles. The Labute approximate surface area is 176 Å². The van der Waals surface area contributed by atoms with E-state index in [1.807, 2.05) is 12.2 Å². The Hall–Kier alpha value is -1.31. The summed E-state index contributed by atoms with van der Waals surface area (Å²) in [6, 6.07) is 0. The molecule has 0 aromatic rings. The fourth-order valence-electron chi connectivity index (χ4n) is 3.01. The first-order valence-corrected chi connectivity index (χ1v) is 11.9. The van der Waals surface area contributed by atoms with E-state index in [1.165, 1.54) is 83.5 Å². The number of carbonyl (C=O) groups is 1. The van der Waals surface area contributed by atoms with Crippen LogP contribution in [0.3, 0.4) is 0 Å². The third-order valence-electron chi connectivity index (χ3n) is 4.81. The topological polar surface area (TPSA) is 29.1 Å². The molecule has 1 N–H and O–H groups in total. The van der Waals surface area contributed by atoms with Crippen molar-refractivity contribution in [1.29, 1.82) is 0 Å². The maximum Gasteiger partial charge on any atom is 0.243 e. The Morgan fingerprint density at radius 1 is 0.714 bits per heavy atom. The lowest BCUT2D eigenvalue weighted by molar-refractivity contribution is -0.116. The highest BCUT2D eigenvalue weighted by molar-refractivity contribution is 5.87. The molecule has 0 saturated carbocycles. The van der Waals surface area contributed by atoms with Gasteiger partial charge in [-0.25, -0.2) is 0 Å². The van der Waals surface area contributed by atoms with Crippen molar-refractivity contribution in [3.05, 3.63) is 36.5 Å². The normalized spacial score (nSPS) is 12.1. The van der Waals surface area contributed by atoms with Crippen LogP contribution in [0.4, 0.5) is 0 Å². The molecular formula is C26H47NO. The first-order valence-electron chi connectivity index (χ1n) is 11.9. The Morgan fingerprint density at radius 3 is 1.79 bits per heavy atom. The van der Waals surface area contributed by atoms with Gasteiger partial charge in [-0.3, -0.25) is 4.79 Å². The van der Waals surface area contributed by atoms with Crippen molar-refractivity contribution in [2.45, 2.75) is 111 Å². The third kappa shape index (κ3) is 22.7. The molecule has 162 valence electrons. The average molecular weight is 390 g/mol. The molecule has 0 radical (unpaired) electrons. The van der Waals surface area contributed by atoms with Crippen LogP contribution in [0.1, 0.15) is 111 Å². The van der Waals surface area contributed by atoms with Crippen molar-refractivity contribution in [2.24, 2.45) is 5.92 Å². The number of unbranched alkanes of at least 4 members (excludes halogenated alkanes) is 12. The third-order valence-corrected chi connectivity index (χ3v) is 4.81. The van der Waals surface area contributed by atoms with E-state index in [0.717, 1.165) is 13.0 Å². The summed E-state index contributed by atoms with van der Waals surface area (Å²) in [5, 5.41) is 2.87. The van der Waals surface area contributed by atoms with Crippen molar-refractivity contribution in [1.82, 2.24) is 5.32 Å². The van der Waals surface area contributed by atoms with Gasteiger partial charge in [0.25, 0.3) is 0 Å². The molecule has 0 aromatic heterocycles. The number of amides is 1. The monoisotopic (exact) mass is 389 g/mol. The summed E-state index contributed by atoms with van der Waals surface area (Å²) in [7, 11) is 0. The van der Waals surface area contributed by atoms with Crippen LogP contribution in [0.5, 0.6) is 0 Å². The lowest BCUT2D eigenvalue weighted by Gasteiger charge is -2.03. The van der Waals surface area contributed by atoms with Gasteiger partial charge in [0.15, 0.2) is 0 Å². The van der Waals surface area contributed by atoms with E-state index >= 15 is 0 Å². The second kappa shape index (κ2) is 22.0. The highest BCUT2D eigenvalue weighted by Crippen LogP contribution is 2.11. The van der Waals surface area contributed by atoms with Gasteiger partial charge in [-0.05, 0) is 44.4 Å². The molecule has 0 aliphatic carbocycles. The smallest absolute Gasteiger partial charge is 0.243 e. The van der Waals surface area contributed by atoms with Crippen LogP contribution in [0.2, 0.25) is 0 Å². The summed E-state index contributed by atoms with van der Waals surface area (Å²) in [6.07, 6.45) is 30.9. The molecule has 0 unspecified atom stereocenters. The Balaban J connectivity index is 3.34. The van der Waals surface area contributed by atoms with E-state index in [1.54, 1.807) is 6.08 Å². The van der Waals surface area contributed by atoms with Gasteiger partial charge in [0, 0.05) is 12.6 Å². The van der Waals surface area contributed by atoms with E-state index in [0.29, 0.717) is 5.92 Å². The summed E-state index contributed by atoms with van der Waals surface area (Å²) in [4.78, 5) is 11.5. The summed E-state index contributed by atoms with van der Waals surface area (Å²) < 4.78 is 0. The Kier molecular flexibility index (Phi) is 21.0. The predicted octanol–water partition coefficient (Wildman–Crippen LogP) is 7.91. The maximum atomic E-state index is 11.5. The highest BCUT2D eigenvalue weighted by atomic mass is 16.1. The van der Waals surface area contributed by atoms with Gasteiger partial charge in [0.05, 0.1) is 0 Å². The molecule has 2 nitrogen and oxygen atoms in total. The molecule has 2 heteroatoms. The summed E-state index contributed by atoms with van der Waals surface area (Å²) in [5.74, 6) is 0.488. The number of nitrogens with one attached hydrogen (secondary N) is 1. The fraction of sp³-hybridized carbons (Fsp3) is 0.731. The Morgan fingerprint density at radius 2 is 1.21 bits per heavy atom. The molecule has 28 heavy (non-hydrogen) atoms. The zero-order valence-corrected chi connectivity index (χ0v) is 19.1. The molecule has 0 saturated heterocycles. The van der Waals surface area contributed by atoms with Crippen molar-refractivity contribution in [2.75, 3.05) is 6.54 Å². The molecule has 0 spiro atoms. The van der Waals surface area contributed by atoms with Crippen molar-refractivity contribution >= 4 is 5.91 Å². The van der Waals surface area contributed by atoms with E-state index in [4.69, 9.17) is 0 Å². The summed E-state index contributed by atoms with van der Waals surface area (Å²) in [6.45, 7) is 7.20. The Bertz CT molecular complexity index is 420. The fourth-order valence-corrected chi connectivity index (χ4v) is 3.01. The molecule has 0 aromatic carbocycles. The van der Waals surface area contributed by atoms with Gasteiger partial charge in [-0.2, -0.15) is 0 Å². The number of rotatable bonds is 19. The number of hydrogen-bond donors (Lipinski definition) is 1. The van der Waals surface area contributed by atoms with Crippen LogP contribution in [0, 0.1) is 5.92 Å². The number of carbonyl (C=O) groups excluding carboxylic acids is 1. The first-order chi connectivity index (χ1) is 13.7. The highest BCUT2D eigenvalue weighted by Gasteiger charge is 1.95. The molecular weight excluding hydrogens is 342 g/mol. The van der Waals surface area contributed by atoms with Gasteiger partial charge < -0.3 is 5.32 Å². The number of hydrogen-bond acceptors (Lipinski definition) is 1. The van der Waals surface area contributed by atoms with E-state index in [2.05, 4.69) is 44.3 Å². The molecule has 0 atom stereocenters. The van der Waals surface area contributed by atoms with Crippen molar-refractivity contribution < 1.29 is 4.79 Å². The molecule has 0 aliphatic heterocycles. The standard InChI is InChI=1S/C26H47NO/c1-4-5-6-7-8-9-10-11-12-13-14-15-16-17-18-19-20-21-22-23-26(28)27-24-25(2)3/h14-15,20-23,25H,4-13,16-19,24H2,1-3H3,(H,27,28)/b15-14-,21-20+,23-22+.